The Kier molecular flexibility index (Phi) is 4.96. The molecule has 1 heterocycles. The Balaban J connectivity index is 0.00000169. The van der Waals surface area contributed by atoms with Gasteiger partial charge in [0.15, 0.2) is 5.69 Å². The Morgan fingerprint density at radius 2 is 2.36 bits per heavy atom. The van der Waals surface area contributed by atoms with Gasteiger partial charge < -0.3 is 11.1 Å². The van der Waals surface area contributed by atoms with Gasteiger partial charge in [-0.15, -0.1) is 17.5 Å². The topological polar surface area (TPSA) is 80.9 Å². The Morgan fingerprint density at radius 3 is 2.79 bits per heavy atom. The van der Waals surface area contributed by atoms with Crippen LogP contribution in [-0.2, 0) is 0 Å². The molecule has 3 N–H and O–H groups in total. The molecule has 0 unspecified atom stereocenters. The summed E-state index contributed by atoms with van der Waals surface area (Å²) in [6.07, 6.45) is 0. The van der Waals surface area contributed by atoms with Gasteiger partial charge in [0, 0.05) is 17.5 Å². The quantitative estimate of drug-likeness (QED) is 0.798. The highest BCUT2D eigenvalue weighted by Gasteiger charge is 2.20. The molecule has 7 heteroatoms. The average molecular weight is 237 g/mol. The second-order valence-corrected chi connectivity index (χ2v) is 3.94. The first-order valence-corrected chi connectivity index (χ1v) is 4.68. The zero-order chi connectivity index (χ0) is 9.90. The second kappa shape index (κ2) is 5.23. The fourth-order valence-electron chi connectivity index (χ4n) is 0.686. The number of aromatic nitrogens is 2. The minimum Gasteiger partial charge on any atom is -0.344 e. The number of hydrogen-bond donors (Lipinski definition) is 2. The fourth-order valence-corrected chi connectivity index (χ4v) is 1.12. The van der Waals surface area contributed by atoms with Crippen molar-refractivity contribution in [3.8, 4) is 0 Å². The zero-order valence-corrected chi connectivity index (χ0v) is 9.61. The van der Waals surface area contributed by atoms with Crippen LogP contribution < -0.4 is 11.1 Å². The summed E-state index contributed by atoms with van der Waals surface area (Å²) in [7, 11) is 0. The number of rotatable bonds is 3. The molecule has 1 amide bonds. The summed E-state index contributed by atoms with van der Waals surface area (Å²) in [6.45, 7) is 4.09. The van der Waals surface area contributed by atoms with Crippen LogP contribution in [0.1, 0.15) is 24.3 Å². The summed E-state index contributed by atoms with van der Waals surface area (Å²) < 4.78 is 3.60. The van der Waals surface area contributed by atoms with E-state index in [1.54, 1.807) is 5.38 Å². The van der Waals surface area contributed by atoms with E-state index in [9.17, 15) is 4.79 Å². The molecule has 5 nitrogen and oxygen atoms in total. The third kappa shape index (κ3) is 3.57. The van der Waals surface area contributed by atoms with Gasteiger partial charge in [-0.2, -0.15) is 0 Å². The second-order valence-electron chi connectivity index (χ2n) is 3.33. The van der Waals surface area contributed by atoms with Gasteiger partial charge in [-0.3, -0.25) is 4.79 Å². The minimum atomic E-state index is -0.402. The lowest BCUT2D eigenvalue weighted by Crippen LogP contribution is -2.48. The third-order valence-electron chi connectivity index (χ3n) is 1.55. The number of hydrogen-bond acceptors (Lipinski definition) is 5. The molecule has 14 heavy (non-hydrogen) atoms. The standard InChI is InChI=1S/C7H12N4OS.ClH/c1-7(2,4-8)9-6(12)5-3-13-11-10-5;/h3H,4,8H2,1-2H3,(H,9,12);1H. The fraction of sp³-hybridized carbons (Fsp3) is 0.571. The number of nitrogens with two attached hydrogens (primary N) is 1. The first-order chi connectivity index (χ1) is 6.05. The molecule has 0 saturated heterocycles. The summed E-state index contributed by atoms with van der Waals surface area (Å²) in [5.74, 6) is -0.232. The van der Waals surface area contributed by atoms with Crippen molar-refractivity contribution in [1.29, 1.82) is 0 Å². The Bertz CT molecular complexity index is 288. The lowest BCUT2D eigenvalue weighted by molar-refractivity contribution is 0.0910. The van der Waals surface area contributed by atoms with Crippen LogP contribution in [0.2, 0.25) is 0 Å². The van der Waals surface area contributed by atoms with Crippen LogP contribution in [0.5, 0.6) is 0 Å². The van der Waals surface area contributed by atoms with Crippen LogP contribution in [0.15, 0.2) is 5.38 Å². The summed E-state index contributed by atoms with van der Waals surface area (Å²) >= 11 is 1.15. The van der Waals surface area contributed by atoms with Gasteiger partial charge in [-0.25, -0.2) is 0 Å². The number of carbonyl (C=O) groups is 1. The highest BCUT2D eigenvalue weighted by Crippen LogP contribution is 2.02. The largest absolute Gasteiger partial charge is 0.344 e. The number of nitrogens with one attached hydrogen (secondary N) is 1. The zero-order valence-electron chi connectivity index (χ0n) is 7.98. The highest BCUT2D eigenvalue weighted by molar-refractivity contribution is 7.03. The maximum Gasteiger partial charge on any atom is 0.273 e. The van der Waals surface area contributed by atoms with Gasteiger partial charge >= 0.3 is 0 Å². The molecule has 0 spiro atoms. The molecule has 0 aliphatic carbocycles. The molecule has 80 valence electrons. The molecule has 0 aliphatic heterocycles. The van der Waals surface area contributed by atoms with E-state index in [0.29, 0.717) is 12.2 Å². The molecule has 1 rings (SSSR count). The van der Waals surface area contributed by atoms with Crippen molar-refractivity contribution in [3.05, 3.63) is 11.1 Å². The maximum absolute atomic E-state index is 11.4. The van der Waals surface area contributed by atoms with E-state index in [4.69, 9.17) is 5.73 Å². The van der Waals surface area contributed by atoms with Gasteiger partial charge in [0.1, 0.15) is 0 Å². The van der Waals surface area contributed by atoms with E-state index >= 15 is 0 Å². The van der Waals surface area contributed by atoms with Crippen molar-refractivity contribution in [1.82, 2.24) is 14.9 Å². The van der Waals surface area contributed by atoms with E-state index in [1.807, 2.05) is 13.8 Å². The lowest BCUT2D eigenvalue weighted by atomic mass is 10.1. The molecule has 0 radical (unpaired) electrons. The molecule has 0 aliphatic rings. The molecular formula is C7H13ClN4OS. The van der Waals surface area contributed by atoms with Gasteiger partial charge in [-0.1, -0.05) is 4.49 Å². The summed E-state index contributed by atoms with van der Waals surface area (Å²) in [5.41, 5.74) is 5.40. The predicted molar refractivity (Wildman–Crippen MR) is 57.8 cm³/mol. The monoisotopic (exact) mass is 236 g/mol. The van der Waals surface area contributed by atoms with E-state index < -0.39 is 5.54 Å². The molecule has 1 aromatic rings. The van der Waals surface area contributed by atoms with E-state index in [1.165, 1.54) is 0 Å². The van der Waals surface area contributed by atoms with E-state index in [0.717, 1.165) is 11.5 Å². The molecular weight excluding hydrogens is 224 g/mol. The summed E-state index contributed by atoms with van der Waals surface area (Å²) in [4.78, 5) is 11.4. The van der Waals surface area contributed by atoms with Crippen molar-refractivity contribution in [2.45, 2.75) is 19.4 Å². The van der Waals surface area contributed by atoms with Crippen LogP contribution in [-0.4, -0.2) is 27.6 Å². The highest BCUT2D eigenvalue weighted by atomic mass is 35.5. The number of carbonyl (C=O) groups excluding carboxylic acids is 1. The average Bonchev–Trinajstić information content (AvgIpc) is 2.55. The van der Waals surface area contributed by atoms with Crippen molar-refractivity contribution >= 4 is 29.8 Å². The Labute approximate surface area is 92.6 Å². The third-order valence-corrected chi connectivity index (χ3v) is 2.06. The molecule has 0 fully saturated rings. The van der Waals surface area contributed by atoms with Crippen LogP contribution in [0.4, 0.5) is 0 Å². The van der Waals surface area contributed by atoms with Crippen LogP contribution in [0.3, 0.4) is 0 Å². The Morgan fingerprint density at radius 1 is 1.71 bits per heavy atom. The lowest BCUT2D eigenvalue weighted by Gasteiger charge is -2.23. The molecule has 0 bridgehead atoms. The first-order valence-electron chi connectivity index (χ1n) is 3.85. The predicted octanol–water partition coefficient (Wildman–Crippen LogP) is 0.427. The molecule has 0 aromatic carbocycles. The van der Waals surface area contributed by atoms with Crippen LogP contribution in [0.25, 0.3) is 0 Å². The molecule has 0 saturated carbocycles. The number of nitrogens with zero attached hydrogens (tertiary/aromatic N) is 2. The van der Waals surface area contributed by atoms with Gasteiger partial charge in [-0.05, 0) is 25.4 Å². The maximum atomic E-state index is 11.4. The van der Waals surface area contributed by atoms with Gasteiger partial charge in [0.2, 0.25) is 0 Å². The van der Waals surface area contributed by atoms with Crippen molar-refractivity contribution in [2.24, 2.45) is 5.73 Å². The Hall–Kier alpha value is -0.720. The molecule has 1 aromatic heterocycles. The first kappa shape index (κ1) is 13.3. The normalized spacial score (nSPS) is 10.5. The minimum absolute atomic E-state index is 0. The van der Waals surface area contributed by atoms with Crippen molar-refractivity contribution in [3.63, 3.8) is 0 Å². The van der Waals surface area contributed by atoms with Crippen molar-refractivity contribution < 1.29 is 4.79 Å². The number of halogens is 1. The van der Waals surface area contributed by atoms with Crippen LogP contribution in [0, 0.1) is 0 Å². The van der Waals surface area contributed by atoms with Gasteiger partial charge in [0.25, 0.3) is 5.91 Å². The van der Waals surface area contributed by atoms with Crippen LogP contribution >= 0.6 is 23.9 Å². The van der Waals surface area contributed by atoms with Gasteiger partial charge in [0.05, 0.1) is 0 Å². The molecule has 0 atom stereocenters. The summed E-state index contributed by atoms with van der Waals surface area (Å²) in [5, 5.41) is 8.00. The smallest absolute Gasteiger partial charge is 0.273 e. The van der Waals surface area contributed by atoms with Crippen molar-refractivity contribution in [2.75, 3.05) is 6.54 Å². The summed E-state index contributed by atoms with van der Waals surface area (Å²) in [6, 6.07) is 0. The van der Waals surface area contributed by atoms with E-state index in [-0.39, 0.29) is 18.3 Å². The number of amides is 1. The SMILES string of the molecule is CC(C)(CN)NC(=O)c1csnn1.Cl. The van der Waals surface area contributed by atoms with E-state index in [2.05, 4.69) is 14.9 Å².